The molecule has 3 rings (SSSR count). The van der Waals surface area contributed by atoms with Gasteiger partial charge >= 0.3 is 6.09 Å². The lowest BCUT2D eigenvalue weighted by atomic mass is 10.2. The summed E-state index contributed by atoms with van der Waals surface area (Å²) in [6, 6.07) is 3.74. The van der Waals surface area contributed by atoms with Gasteiger partial charge in [0.15, 0.2) is 20.7 Å². The first-order valence-corrected chi connectivity index (χ1v) is 10.0. The highest BCUT2D eigenvalue weighted by molar-refractivity contribution is 7.91. The van der Waals surface area contributed by atoms with Crippen LogP contribution in [0, 0.1) is 0 Å². The van der Waals surface area contributed by atoms with Crippen LogP contribution in [0.3, 0.4) is 0 Å². The first-order valence-electron chi connectivity index (χ1n) is 8.35. The number of ether oxygens (including phenoxy) is 1. The Balaban J connectivity index is 2.07. The van der Waals surface area contributed by atoms with Crippen molar-refractivity contribution >= 4 is 27.4 Å². The lowest BCUT2D eigenvalue weighted by Crippen LogP contribution is -2.28. The zero-order valence-corrected chi connectivity index (χ0v) is 15.7. The monoisotopic (exact) mass is 365 g/mol. The fraction of sp³-hybridized carbons (Fsp3) is 0.529. The average Bonchev–Trinajstić information content (AvgIpc) is 3.26. The second-order valence-electron chi connectivity index (χ2n) is 7.26. The van der Waals surface area contributed by atoms with Crippen LogP contribution < -0.4 is 5.32 Å². The van der Waals surface area contributed by atoms with Gasteiger partial charge in [-0.05, 0) is 51.2 Å². The number of pyridine rings is 1. The number of anilines is 1. The smallest absolute Gasteiger partial charge is 0.413 e. The van der Waals surface area contributed by atoms with E-state index in [9.17, 15) is 13.2 Å². The third-order valence-corrected chi connectivity index (χ3v) is 5.68. The molecule has 1 N–H and O–H groups in total. The SMILES string of the molecule is CCS(=O)(=O)c1c(NC(=O)OC(C)(C)C)nc2ccc(C3CC3)cn12. The normalized spacial score (nSPS) is 15.4. The van der Waals surface area contributed by atoms with Crippen molar-refractivity contribution in [1.29, 1.82) is 0 Å². The Kier molecular flexibility index (Phi) is 4.26. The van der Waals surface area contributed by atoms with Gasteiger partial charge in [-0.3, -0.25) is 9.72 Å². The number of fused-ring (bicyclic) bond motifs is 1. The average molecular weight is 365 g/mol. The first-order chi connectivity index (χ1) is 11.6. The van der Waals surface area contributed by atoms with Gasteiger partial charge in [-0.2, -0.15) is 0 Å². The number of aromatic nitrogens is 2. The third-order valence-electron chi connectivity index (χ3n) is 3.94. The summed E-state index contributed by atoms with van der Waals surface area (Å²) in [4.78, 5) is 16.4. The van der Waals surface area contributed by atoms with Crippen molar-refractivity contribution in [2.24, 2.45) is 0 Å². The van der Waals surface area contributed by atoms with Crippen molar-refractivity contribution in [1.82, 2.24) is 9.38 Å². The predicted octanol–water partition coefficient (Wildman–Crippen LogP) is 3.35. The topological polar surface area (TPSA) is 89.8 Å². The number of nitrogens with zero attached hydrogens (tertiary/aromatic N) is 2. The number of hydrogen-bond donors (Lipinski definition) is 1. The molecule has 0 aliphatic heterocycles. The Morgan fingerprint density at radius 1 is 1.36 bits per heavy atom. The predicted molar refractivity (Wildman–Crippen MR) is 94.8 cm³/mol. The molecule has 1 aliphatic rings. The summed E-state index contributed by atoms with van der Waals surface area (Å²) in [5.74, 6) is 0.396. The molecule has 2 aromatic heterocycles. The Morgan fingerprint density at radius 2 is 2.04 bits per heavy atom. The van der Waals surface area contributed by atoms with E-state index in [0.717, 1.165) is 18.4 Å². The van der Waals surface area contributed by atoms with Crippen LogP contribution in [0.4, 0.5) is 10.6 Å². The van der Waals surface area contributed by atoms with E-state index in [-0.39, 0.29) is 16.6 Å². The third kappa shape index (κ3) is 3.78. The van der Waals surface area contributed by atoms with Crippen LogP contribution in [0.5, 0.6) is 0 Å². The Labute approximate surface area is 147 Å². The van der Waals surface area contributed by atoms with E-state index in [2.05, 4.69) is 10.3 Å². The largest absolute Gasteiger partial charge is 0.444 e. The minimum absolute atomic E-state index is 0.00152. The van der Waals surface area contributed by atoms with Gasteiger partial charge in [0.25, 0.3) is 0 Å². The molecular formula is C17H23N3O4S. The van der Waals surface area contributed by atoms with E-state index in [1.165, 1.54) is 0 Å². The van der Waals surface area contributed by atoms with Crippen LogP contribution in [0.2, 0.25) is 0 Å². The molecule has 1 aliphatic carbocycles. The van der Waals surface area contributed by atoms with Gasteiger partial charge in [0.05, 0.1) is 5.75 Å². The fourth-order valence-corrected chi connectivity index (χ4v) is 3.72. The first kappa shape index (κ1) is 17.7. The van der Waals surface area contributed by atoms with E-state index in [1.807, 2.05) is 12.3 Å². The van der Waals surface area contributed by atoms with Crippen LogP contribution in [0.1, 0.15) is 52.0 Å². The van der Waals surface area contributed by atoms with Gasteiger partial charge in [-0.15, -0.1) is 0 Å². The van der Waals surface area contributed by atoms with Crippen LogP contribution in [0.25, 0.3) is 5.65 Å². The molecule has 0 spiro atoms. The molecular weight excluding hydrogens is 342 g/mol. The molecule has 0 unspecified atom stereocenters. The molecule has 0 bridgehead atoms. The minimum Gasteiger partial charge on any atom is -0.444 e. The zero-order valence-electron chi connectivity index (χ0n) is 14.9. The summed E-state index contributed by atoms with van der Waals surface area (Å²) in [7, 11) is -3.59. The Hall–Kier alpha value is -2.09. The second-order valence-corrected chi connectivity index (χ2v) is 9.45. The van der Waals surface area contributed by atoms with Crippen LogP contribution in [-0.2, 0) is 14.6 Å². The van der Waals surface area contributed by atoms with Crippen molar-refractivity contribution in [3.63, 3.8) is 0 Å². The molecule has 1 amide bonds. The van der Waals surface area contributed by atoms with Crippen molar-refractivity contribution in [2.45, 2.75) is 57.1 Å². The van der Waals surface area contributed by atoms with E-state index in [0.29, 0.717) is 11.6 Å². The standard InChI is InChI=1S/C17H23N3O4S/c1-5-25(22,23)15-14(19-16(21)24-17(2,3)4)18-13-9-8-12(10-20(13)15)11-6-7-11/h8-11H,5-7H2,1-4H3,(H,19,21). The molecule has 2 heterocycles. The van der Waals surface area contributed by atoms with E-state index >= 15 is 0 Å². The highest BCUT2D eigenvalue weighted by Crippen LogP contribution is 2.40. The number of carbonyl (C=O) groups is 1. The Bertz CT molecular complexity index is 921. The van der Waals surface area contributed by atoms with E-state index < -0.39 is 21.5 Å². The van der Waals surface area contributed by atoms with Gasteiger partial charge < -0.3 is 4.74 Å². The van der Waals surface area contributed by atoms with Crippen molar-refractivity contribution in [2.75, 3.05) is 11.1 Å². The highest BCUT2D eigenvalue weighted by Gasteiger charge is 2.29. The van der Waals surface area contributed by atoms with Gasteiger partial charge in [-0.1, -0.05) is 13.0 Å². The fourth-order valence-electron chi connectivity index (χ4n) is 2.61. The lowest BCUT2D eigenvalue weighted by molar-refractivity contribution is 0.0635. The molecule has 7 nitrogen and oxygen atoms in total. The Morgan fingerprint density at radius 3 is 2.60 bits per heavy atom. The maximum Gasteiger partial charge on any atom is 0.413 e. The maximum atomic E-state index is 12.6. The molecule has 1 fully saturated rings. The van der Waals surface area contributed by atoms with Crippen molar-refractivity contribution in [3.8, 4) is 0 Å². The molecule has 25 heavy (non-hydrogen) atoms. The number of rotatable bonds is 4. The zero-order chi connectivity index (χ0) is 18.4. The molecule has 0 aromatic carbocycles. The van der Waals surface area contributed by atoms with Crippen LogP contribution in [-0.4, -0.2) is 35.2 Å². The van der Waals surface area contributed by atoms with Gasteiger partial charge in [0.1, 0.15) is 11.2 Å². The highest BCUT2D eigenvalue weighted by atomic mass is 32.2. The number of hydrogen-bond acceptors (Lipinski definition) is 5. The maximum absolute atomic E-state index is 12.6. The molecule has 8 heteroatoms. The summed E-state index contributed by atoms with van der Waals surface area (Å²) in [5, 5.41) is 2.49. The molecule has 1 saturated carbocycles. The van der Waals surface area contributed by atoms with Gasteiger partial charge in [0.2, 0.25) is 0 Å². The summed E-state index contributed by atoms with van der Waals surface area (Å²) in [6.45, 7) is 6.78. The number of carbonyl (C=O) groups excluding carboxylic acids is 1. The summed E-state index contributed by atoms with van der Waals surface area (Å²) in [5.41, 5.74) is 0.871. The van der Waals surface area contributed by atoms with Gasteiger partial charge in [0, 0.05) is 6.20 Å². The number of amides is 1. The van der Waals surface area contributed by atoms with Crippen LogP contribution in [0.15, 0.2) is 23.4 Å². The molecule has 136 valence electrons. The summed E-state index contributed by atoms with van der Waals surface area (Å²) >= 11 is 0. The molecule has 0 atom stereocenters. The minimum atomic E-state index is -3.59. The van der Waals surface area contributed by atoms with Crippen molar-refractivity contribution < 1.29 is 17.9 Å². The molecule has 2 aromatic rings. The quantitative estimate of drug-likeness (QED) is 0.897. The number of nitrogens with one attached hydrogen (secondary N) is 1. The molecule has 0 radical (unpaired) electrons. The van der Waals surface area contributed by atoms with Gasteiger partial charge in [-0.25, -0.2) is 18.2 Å². The summed E-state index contributed by atoms with van der Waals surface area (Å²) < 4.78 is 32.0. The van der Waals surface area contributed by atoms with E-state index in [4.69, 9.17) is 4.74 Å². The number of imidazole rings is 1. The van der Waals surface area contributed by atoms with E-state index in [1.54, 1.807) is 38.2 Å². The summed E-state index contributed by atoms with van der Waals surface area (Å²) in [6.07, 6.45) is 3.30. The second kappa shape index (κ2) is 6.01. The van der Waals surface area contributed by atoms with Crippen molar-refractivity contribution in [3.05, 3.63) is 23.9 Å². The van der Waals surface area contributed by atoms with Crippen LogP contribution >= 0.6 is 0 Å². The lowest BCUT2D eigenvalue weighted by Gasteiger charge is -2.19. The molecule has 0 saturated heterocycles. The number of sulfone groups is 1.